The Bertz CT molecular complexity index is 425. The summed E-state index contributed by atoms with van der Waals surface area (Å²) in [7, 11) is 1.87. The zero-order chi connectivity index (χ0) is 14.1. The first-order chi connectivity index (χ1) is 8.11. The van der Waals surface area contributed by atoms with Gasteiger partial charge in [0.25, 0.3) is 0 Å². The molecule has 4 heteroatoms. The van der Waals surface area contributed by atoms with Crippen molar-refractivity contribution in [2.24, 2.45) is 5.73 Å². The third-order valence-electron chi connectivity index (χ3n) is 2.83. The van der Waals surface area contributed by atoms with Gasteiger partial charge in [0.05, 0.1) is 5.60 Å². The van der Waals surface area contributed by atoms with E-state index in [4.69, 9.17) is 5.73 Å². The van der Waals surface area contributed by atoms with E-state index < -0.39 is 5.60 Å². The highest BCUT2D eigenvalue weighted by molar-refractivity contribution is 5.56. The summed E-state index contributed by atoms with van der Waals surface area (Å²) in [6.45, 7) is 7.49. The van der Waals surface area contributed by atoms with Gasteiger partial charge in [0.1, 0.15) is 5.82 Å². The molecule has 0 amide bonds. The maximum Gasteiger partial charge on any atom is 0.126 e. The van der Waals surface area contributed by atoms with Crippen LogP contribution in [0, 0.1) is 12.7 Å². The Kier molecular flexibility index (Phi) is 4.35. The van der Waals surface area contributed by atoms with Crippen LogP contribution in [0.3, 0.4) is 0 Å². The van der Waals surface area contributed by atoms with Crippen molar-refractivity contribution in [2.45, 2.75) is 39.3 Å². The molecular weight excluding hydrogens is 231 g/mol. The molecule has 0 aliphatic heterocycles. The van der Waals surface area contributed by atoms with E-state index in [9.17, 15) is 9.50 Å². The number of rotatable bonds is 4. The lowest BCUT2D eigenvalue weighted by Crippen LogP contribution is -2.37. The summed E-state index contributed by atoms with van der Waals surface area (Å²) >= 11 is 0. The van der Waals surface area contributed by atoms with Crippen LogP contribution in [0.2, 0.25) is 0 Å². The van der Waals surface area contributed by atoms with Crippen LogP contribution in [0.25, 0.3) is 0 Å². The van der Waals surface area contributed by atoms with E-state index in [1.54, 1.807) is 26.8 Å². The fourth-order valence-corrected chi connectivity index (χ4v) is 2.04. The van der Waals surface area contributed by atoms with Crippen LogP contribution >= 0.6 is 0 Å². The lowest BCUT2D eigenvalue weighted by atomic mass is 10.0. The molecular formula is C14H23FN2O. The first-order valence-electron chi connectivity index (χ1n) is 6.11. The predicted octanol–water partition coefficient (Wildman–Crippen LogP) is 2.36. The monoisotopic (exact) mass is 254 g/mol. The largest absolute Gasteiger partial charge is 0.389 e. The number of anilines is 1. The van der Waals surface area contributed by atoms with Crippen molar-refractivity contribution in [1.29, 1.82) is 0 Å². The molecule has 0 radical (unpaired) electrons. The van der Waals surface area contributed by atoms with Crippen LogP contribution in [0.4, 0.5) is 10.1 Å². The second-order valence-corrected chi connectivity index (χ2v) is 5.62. The molecule has 0 spiro atoms. The molecule has 1 rings (SSSR count). The van der Waals surface area contributed by atoms with E-state index in [2.05, 4.69) is 0 Å². The van der Waals surface area contributed by atoms with Crippen molar-refractivity contribution in [2.75, 3.05) is 18.5 Å². The minimum atomic E-state index is -0.813. The van der Waals surface area contributed by atoms with Crippen molar-refractivity contribution < 1.29 is 9.50 Å². The van der Waals surface area contributed by atoms with Crippen LogP contribution in [0.1, 0.15) is 37.9 Å². The summed E-state index contributed by atoms with van der Waals surface area (Å²) in [5.74, 6) is -0.247. The lowest BCUT2D eigenvalue weighted by Gasteiger charge is -2.30. The maximum absolute atomic E-state index is 13.6. The van der Waals surface area contributed by atoms with Crippen molar-refractivity contribution in [1.82, 2.24) is 0 Å². The molecule has 0 aliphatic rings. The summed E-state index contributed by atoms with van der Waals surface area (Å²) in [6.07, 6.45) is 0. The molecule has 0 bridgehead atoms. The molecule has 0 saturated carbocycles. The molecule has 1 aromatic rings. The molecule has 0 aromatic heterocycles. The Hall–Kier alpha value is -1.13. The van der Waals surface area contributed by atoms with Crippen molar-refractivity contribution in [3.05, 3.63) is 29.1 Å². The molecule has 0 fully saturated rings. The molecule has 0 heterocycles. The zero-order valence-electron chi connectivity index (χ0n) is 11.8. The highest BCUT2D eigenvalue weighted by Crippen LogP contribution is 2.28. The molecule has 1 aromatic carbocycles. The number of halogens is 1. The summed E-state index contributed by atoms with van der Waals surface area (Å²) in [6, 6.07) is 3.01. The van der Waals surface area contributed by atoms with E-state index in [0.717, 1.165) is 11.3 Å². The molecule has 1 atom stereocenters. The average Bonchev–Trinajstić information content (AvgIpc) is 2.18. The second-order valence-electron chi connectivity index (χ2n) is 5.62. The van der Waals surface area contributed by atoms with E-state index in [1.165, 1.54) is 6.07 Å². The minimum Gasteiger partial charge on any atom is -0.389 e. The van der Waals surface area contributed by atoms with E-state index in [1.807, 2.05) is 18.9 Å². The van der Waals surface area contributed by atoms with Gasteiger partial charge in [-0.2, -0.15) is 0 Å². The van der Waals surface area contributed by atoms with Crippen molar-refractivity contribution in [3.63, 3.8) is 0 Å². The van der Waals surface area contributed by atoms with Gasteiger partial charge in [-0.1, -0.05) is 0 Å². The third kappa shape index (κ3) is 3.68. The van der Waals surface area contributed by atoms with Gasteiger partial charge in [-0.3, -0.25) is 0 Å². The standard InChI is InChI=1S/C14H23FN2O/c1-9-6-13(17(5)8-14(3,4)18)11(10(2)16)7-12(9)15/h6-7,10,18H,8,16H2,1-5H3/t10-/m1/s1. The summed E-state index contributed by atoms with van der Waals surface area (Å²) in [4.78, 5) is 1.91. The van der Waals surface area contributed by atoms with Crippen molar-refractivity contribution >= 4 is 5.69 Å². The van der Waals surface area contributed by atoms with Crippen LogP contribution < -0.4 is 10.6 Å². The lowest BCUT2D eigenvalue weighted by molar-refractivity contribution is 0.0886. The number of nitrogens with zero attached hydrogens (tertiary/aromatic N) is 1. The smallest absolute Gasteiger partial charge is 0.126 e. The number of likely N-dealkylation sites (N-methyl/N-ethyl adjacent to an activating group) is 1. The number of hydrogen-bond donors (Lipinski definition) is 2. The first kappa shape index (κ1) is 14.9. The Morgan fingerprint density at radius 1 is 1.44 bits per heavy atom. The topological polar surface area (TPSA) is 49.5 Å². The first-order valence-corrected chi connectivity index (χ1v) is 6.11. The number of nitrogens with two attached hydrogens (primary N) is 1. The van der Waals surface area contributed by atoms with Gasteiger partial charge in [0, 0.05) is 25.3 Å². The number of hydrogen-bond acceptors (Lipinski definition) is 3. The van der Waals surface area contributed by atoms with Gasteiger partial charge < -0.3 is 15.7 Å². The molecule has 0 aliphatic carbocycles. The molecule has 0 saturated heterocycles. The Morgan fingerprint density at radius 2 is 2.00 bits per heavy atom. The quantitative estimate of drug-likeness (QED) is 0.867. The number of benzene rings is 1. The Morgan fingerprint density at radius 3 is 2.44 bits per heavy atom. The fourth-order valence-electron chi connectivity index (χ4n) is 2.04. The van der Waals surface area contributed by atoms with Gasteiger partial charge in [-0.05, 0) is 51.0 Å². The SMILES string of the molecule is Cc1cc(N(C)CC(C)(C)O)c([C@@H](C)N)cc1F. The second kappa shape index (κ2) is 5.24. The van der Waals surface area contributed by atoms with E-state index in [0.29, 0.717) is 12.1 Å². The van der Waals surface area contributed by atoms with Crippen LogP contribution in [-0.2, 0) is 0 Å². The van der Waals surface area contributed by atoms with Gasteiger partial charge in [0.2, 0.25) is 0 Å². The number of aryl methyl sites for hydroxylation is 1. The predicted molar refractivity (Wildman–Crippen MR) is 73.3 cm³/mol. The third-order valence-corrected chi connectivity index (χ3v) is 2.83. The summed E-state index contributed by atoms with van der Waals surface area (Å²) in [5, 5.41) is 9.86. The Labute approximate surface area is 108 Å². The average molecular weight is 254 g/mol. The minimum absolute atomic E-state index is 0.247. The zero-order valence-corrected chi connectivity index (χ0v) is 11.8. The number of aliphatic hydroxyl groups is 1. The highest BCUT2D eigenvalue weighted by atomic mass is 19.1. The fraction of sp³-hybridized carbons (Fsp3) is 0.571. The van der Waals surface area contributed by atoms with Crippen LogP contribution in [0.5, 0.6) is 0 Å². The van der Waals surface area contributed by atoms with E-state index >= 15 is 0 Å². The molecule has 0 unspecified atom stereocenters. The summed E-state index contributed by atoms with van der Waals surface area (Å²) in [5.41, 5.74) is 7.27. The summed E-state index contributed by atoms with van der Waals surface area (Å²) < 4.78 is 13.6. The molecule has 18 heavy (non-hydrogen) atoms. The van der Waals surface area contributed by atoms with Gasteiger partial charge in [0.15, 0.2) is 0 Å². The van der Waals surface area contributed by atoms with Crippen LogP contribution in [0.15, 0.2) is 12.1 Å². The normalized spacial score (nSPS) is 13.6. The highest BCUT2D eigenvalue weighted by Gasteiger charge is 2.20. The van der Waals surface area contributed by atoms with Crippen LogP contribution in [-0.4, -0.2) is 24.3 Å². The van der Waals surface area contributed by atoms with Gasteiger partial charge in [-0.25, -0.2) is 4.39 Å². The Balaban J connectivity index is 3.17. The van der Waals surface area contributed by atoms with Gasteiger partial charge >= 0.3 is 0 Å². The molecule has 3 N–H and O–H groups in total. The van der Waals surface area contributed by atoms with Crippen molar-refractivity contribution in [3.8, 4) is 0 Å². The molecule has 102 valence electrons. The van der Waals surface area contributed by atoms with Gasteiger partial charge in [-0.15, -0.1) is 0 Å². The molecule has 3 nitrogen and oxygen atoms in total. The maximum atomic E-state index is 13.6. The van der Waals surface area contributed by atoms with E-state index in [-0.39, 0.29) is 11.9 Å².